The Morgan fingerprint density at radius 1 is 0.417 bits per heavy atom. The number of fused-ring (bicyclic) bond motifs is 4. The van der Waals surface area contributed by atoms with Crippen LogP contribution in [-0.4, -0.2) is 172 Å². The SMILES string of the molecule is CC(Nc1nc(N2CCC(F)C2)n2ncc(/C=C3\CC(=O)NC3=O)c2n1)c1ccccc1.CC(Nc1nc(NCCc2cccc(F)c2)n2ncc(/C=C3\CC(=O)NC3=O)c2n1)c1ccccc1.CC(Nc1nc(Nc2ccccc2)n2ncc(/C=C3\CC(=O)NC3=O)c2n1)c1ccccc1.COCCNc1nc(NC(C)c2ccccc2)nc2c(/C=C3\CC(=O)NC3=O)cnn12. The summed E-state index contributed by atoms with van der Waals surface area (Å²) < 4.78 is 38.8. The lowest BCUT2D eigenvalue weighted by atomic mass is 10.1. The van der Waals surface area contributed by atoms with Crippen molar-refractivity contribution in [1.82, 2.24) is 99.6 Å². The summed E-state index contributed by atoms with van der Waals surface area (Å²) in [6, 6.07) is 55.6. The number of nitrogens with one attached hydrogen (secondary N) is 11. The number of methoxy groups -OCH3 is 1. The molecule has 37 nitrogen and oxygen atoms in total. The van der Waals surface area contributed by atoms with Gasteiger partial charge in [-0.2, -0.15) is 78.3 Å². The van der Waals surface area contributed by atoms with E-state index in [9.17, 15) is 47.1 Å². The van der Waals surface area contributed by atoms with Crippen LogP contribution in [0, 0.1) is 5.82 Å². The Morgan fingerprint density at radius 2 is 0.758 bits per heavy atom. The van der Waals surface area contributed by atoms with Crippen LogP contribution in [0.3, 0.4) is 0 Å². The maximum Gasteiger partial charge on any atom is 0.254 e. The van der Waals surface area contributed by atoms with E-state index in [1.807, 2.05) is 190 Å². The van der Waals surface area contributed by atoms with Crippen molar-refractivity contribution in [2.24, 2.45) is 0 Å². The van der Waals surface area contributed by atoms with Crippen molar-refractivity contribution in [3.8, 4) is 0 Å². The standard InChI is InChI=1S/C26H24FN7O2.C24H21N7O2.C22H22FN7O2.C21H23N7O3/c1-16(18-7-3-2-4-8-18)30-25-32-23-20(13-19-14-22(35)31-24(19)36)15-29-34(23)26(33-25)28-11-10-17-6-5-9-21(27)12-17;1-15(16-8-4-2-5-9-16)26-23-29-21-18(12-17-13-20(32)28-22(17)33)14-25-31(21)24(30-23)27-19-10-6-3-7-11-19;1-13(14-5-3-2-4-6-14)25-21-27-19-16(9-15-10-18(31)26-20(15)32)11-24-30(19)22(28-21)29-8-7-17(23)12-29;1-13(14-6-4-3-5-7-14)24-20-26-18-16(10-15-11-17(29)25-19(15)30)12-23-28(18)21(27-20)22-8-9-31-2/h2-9,12-13,15-16H,10-11,14H2,1H3,(H,31,35,36)(H2,28,30,32,33);2-12,14-15H,13H2,1H3,(H,28,32,33)(H2,26,27,29,30);2-6,9,11,13,17H,7-8,10,12H2,1H3,(H,25,27)(H,26,31,32);3-7,10,12-13H,8-9,11H2,1-2H3,(H,25,29,30)(H2,22,24,26,27)/b19-13+;17-12+;15-9+;15-10+. The molecule has 6 aromatic carbocycles. The van der Waals surface area contributed by atoms with Gasteiger partial charge >= 0.3 is 0 Å². The van der Waals surface area contributed by atoms with E-state index >= 15 is 0 Å². The van der Waals surface area contributed by atoms with Crippen molar-refractivity contribution in [2.75, 3.05) is 82.0 Å². The molecule has 670 valence electrons. The number of para-hydroxylation sites is 1. The summed E-state index contributed by atoms with van der Waals surface area (Å²) in [6.07, 6.45) is 13.0. The smallest absolute Gasteiger partial charge is 0.254 e. The van der Waals surface area contributed by atoms with Crippen LogP contribution < -0.4 is 63.4 Å². The first-order chi connectivity index (χ1) is 64.0. The fourth-order valence-electron chi connectivity index (χ4n) is 14.9. The maximum atomic E-state index is 13.9. The highest BCUT2D eigenvalue weighted by atomic mass is 19.1. The normalized spacial score (nSPS) is 16.9. The monoisotopic (exact) mass is 1780 g/mol. The highest BCUT2D eigenvalue weighted by Crippen LogP contribution is 2.32. The third-order valence-electron chi connectivity index (χ3n) is 21.7. The van der Waals surface area contributed by atoms with Crippen LogP contribution in [0.1, 0.15) is 134 Å². The second-order valence-corrected chi connectivity index (χ2v) is 31.4. The van der Waals surface area contributed by atoms with Crippen LogP contribution in [0.2, 0.25) is 0 Å². The van der Waals surface area contributed by atoms with Crippen molar-refractivity contribution in [3.63, 3.8) is 0 Å². The van der Waals surface area contributed by atoms with Crippen LogP contribution in [-0.2, 0) is 49.5 Å². The zero-order chi connectivity index (χ0) is 91.9. The van der Waals surface area contributed by atoms with Gasteiger partial charge in [-0.1, -0.05) is 152 Å². The van der Waals surface area contributed by atoms with E-state index in [0.29, 0.717) is 154 Å². The van der Waals surface area contributed by atoms with Gasteiger partial charge in [0.15, 0.2) is 22.6 Å². The zero-order valence-electron chi connectivity index (χ0n) is 72.1. The summed E-state index contributed by atoms with van der Waals surface area (Å²) in [7, 11) is 1.62. The van der Waals surface area contributed by atoms with Gasteiger partial charge in [0.25, 0.3) is 23.6 Å². The molecule has 5 aliphatic heterocycles. The summed E-state index contributed by atoms with van der Waals surface area (Å²) in [5, 5.41) is 49.8. The Balaban J connectivity index is 0.000000129. The number of nitrogens with zero attached hydrogens (tertiary/aromatic N) is 17. The molecule has 5 saturated heterocycles. The zero-order valence-corrected chi connectivity index (χ0v) is 72.1. The summed E-state index contributed by atoms with van der Waals surface area (Å²) in [5.41, 5.74) is 11.8. The number of amides is 8. The molecule has 5 atom stereocenters. The topological polar surface area (TPSA) is 454 Å². The van der Waals surface area contributed by atoms with Gasteiger partial charge in [0.2, 0.25) is 71.2 Å². The Morgan fingerprint density at radius 3 is 1.11 bits per heavy atom. The highest BCUT2D eigenvalue weighted by Gasteiger charge is 2.32. The number of hydrogen-bond acceptors (Lipinski definition) is 29. The molecular weight excluding hydrogens is 1690 g/mol. The van der Waals surface area contributed by atoms with E-state index in [-0.39, 0.29) is 85.8 Å². The summed E-state index contributed by atoms with van der Waals surface area (Å²) in [6.45, 7) is 10.3. The maximum absolute atomic E-state index is 13.9. The minimum Gasteiger partial charge on any atom is -0.383 e. The minimum absolute atomic E-state index is 0.0101. The molecule has 5 aliphatic rings. The third-order valence-corrected chi connectivity index (χ3v) is 21.7. The van der Waals surface area contributed by atoms with Gasteiger partial charge in [-0.3, -0.25) is 59.6 Å². The van der Waals surface area contributed by atoms with E-state index in [1.54, 1.807) is 80.3 Å². The Kier molecular flexibility index (Phi) is 27.2. The average molecular weight is 1780 g/mol. The van der Waals surface area contributed by atoms with Gasteiger partial charge in [0.1, 0.15) is 12.0 Å². The first-order valence-electron chi connectivity index (χ1n) is 42.5. The molecule has 13 heterocycles. The number of imide groups is 4. The number of carbonyl (C=O) groups is 8. The number of aromatic nitrogens is 16. The van der Waals surface area contributed by atoms with Gasteiger partial charge in [-0.05, 0) is 117 Å². The molecule has 0 bridgehead atoms. The van der Waals surface area contributed by atoms with E-state index < -0.39 is 29.8 Å². The molecule has 8 aromatic heterocycles. The first-order valence-corrected chi connectivity index (χ1v) is 42.5. The van der Waals surface area contributed by atoms with E-state index in [2.05, 4.69) is 119 Å². The molecule has 14 aromatic rings. The molecular formula is C93H90F2N28O9. The third kappa shape index (κ3) is 21.6. The molecule has 0 saturated carbocycles. The number of rotatable bonds is 27. The van der Waals surface area contributed by atoms with Crippen molar-refractivity contribution in [1.29, 1.82) is 0 Å². The largest absolute Gasteiger partial charge is 0.383 e. The Labute approximate surface area is 752 Å². The van der Waals surface area contributed by atoms with E-state index in [4.69, 9.17) is 4.74 Å². The van der Waals surface area contributed by atoms with E-state index in [1.165, 1.54) is 12.1 Å². The van der Waals surface area contributed by atoms with Crippen molar-refractivity contribution >= 4 is 147 Å². The number of ether oxygens (including phenoxy) is 1. The predicted octanol–water partition coefficient (Wildman–Crippen LogP) is 11.1. The number of anilines is 9. The van der Waals surface area contributed by atoms with E-state index in [0.717, 1.165) is 33.5 Å². The molecule has 0 aliphatic carbocycles. The molecule has 0 radical (unpaired) electrons. The van der Waals surface area contributed by atoms with Crippen molar-refractivity contribution < 1.29 is 51.9 Å². The number of hydrogen-bond donors (Lipinski definition) is 11. The predicted molar refractivity (Wildman–Crippen MR) is 490 cm³/mol. The molecule has 132 heavy (non-hydrogen) atoms. The molecule has 39 heteroatoms. The summed E-state index contributed by atoms with van der Waals surface area (Å²) >= 11 is 0. The van der Waals surface area contributed by atoms with Gasteiger partial charge in [-0.25, -0.2) is 8.78 Å². The molecule has 8 amide bonds. The quantitative estimate of drug-likeness (QED) is 0.0129. The lowest BCUT2D eigenvalue weighted by molar-refractivity contribution is -0.125. The van der Waals surface area contributed by atoms with Gasteiger partial charge in [0, 0.05) is 77.0 Å². The molecule has 5 unspecified atom stereocenters. The Hall–Kier alpha value is -16.7. The lowest BCUT2D eigenvalue weighted by Crippen LogP contribution is -2.25. The number of carbonyl (C=O) groups excluding carboxylic acids is 8. The fourth-order valence-corrected chi connectivity index (χ4v) is 14.9. The fraction of sp³-hybridized carbons (Fsp3) is 0.226. The highest BCUT2D eigenvalue weighted by molar-refractivity contribution is 6.18. The summed E-state index contributed by atoms with van der Waals surface area (Å²) in [5.74, 6) is 0.227. The van der Waals surface area contributed by atoms with Crippen LogP contribution in [0.25, 0.3) is 46.9 Å². The summed E-state index contributed by atoms with van der Waals surface area (Å²) in [4.78, 5) is 133. The van der Waals surface area contributed by atoms with Gasteiger partial charge in [-0.15, -0.1) is 0 Å². The van der Waals surface area contributed by atoms with Gasteiger partial charge < -0.3 is 46.9 Å². The van der Waals surface area contributed by atoms with Crippen LogP contribution >= 0.6 is 0 Å². The lowest BCUT2D eigenvalue weighted by Gasteiger charge is -2.20. The van der Waals surface area contributed by atoms with Crippen LogP contribution in [0.4, 0.5) is 62.1 Å². The van der Waals surface area contributed by atoms with Crippen LogP contribution in [0.15, 0.2) is 223 Å². The van der Waals surface area contributed by atoms with Crippen molar-refractivity contribution in [2.45, 2.75) is 96.6 Å². The average Bonchev–Trinajstić information content (AvgIpc) is 1.63. The molecule has 19 rings (SSSR count). The molecule has 0 spiro atoms. The Bertz CT molecular complexity index is 6810. The van der Waals surface area contributed by atoms with Gasteiger partial charge in [0.05, 0.1) is 87.8 Å². The molecule has 5 fully saturated rings. The number of alkyl halides is 1. The minimum atomic E-state index is -0.926. The van der Waals surface area contributed by atoms with Crippen molar-refractivity contribution in [3.05, 3.63) is 279 Å². The second kappa shape index (κ2) is 40.5. The number of halogens is 2. The van der Waals surface area contributed by atoms with Crippen LogP contribution in [0.5, 0.6) is 0 Å². The number of benzene rings is 6. The second-order valence-electron chi connectivity index (χ2n) is 31.4. The first kappa shape index (κ1) is 88.7. The molecule has 11 N–H and O–H groups in total.